The van der Waals surface area contributed by atoms with Gasteiger partial charge in [0.25, 0.3) is 10.2 Å². The van der Waals surface area contributed by atoms with E-state index in [1.54, 1.807) is 0 Å². The van der Waals surface area contributed by atoms with Crippen LogP contribution in [0.1, 0.15) is 19.3 Å². The predicted molar refractivity (Wildman–Crippen MR) is 58.8 cm³/mol. The van der Waals surface area contributed by atoms with Crippen molar-refractivity contribution in [3.05, 3.63) is 0 Å². The minimum Gasteiger partial charge on any atom is -0.377 e. The molecule has 1 fully saturated rings. The number of ether oxygens (including phenoxy) is 1. The molecule has 0 aromatic carbocycles. The van der Waals surface area contributed by atoms with Gasteiger partial charge in [-0.2, -0.15) is 22.7 Å². The standard InChI is InChI=1S/C9H17N3O3S/c1-12(6-3-5-10)16(13,14)11-8-9-4-2-7-15-9/h9,11H,2-4,6-8H2,1H3. The normalized spacial score (nSPS) is 21.2. The molecular weight excluding hydrogens is 230 g/mol. The van der Waals surface area contributed by atoms with Crippen molar-refractivity contribution in [2.75, 3.05) is 26.7 Å². The molecule has 0 saturated carbocycles. The van der Waals surface area contributed by atoms with Gasteiger partial charge in [0.05, 0.1) is 12.2 Å². The molecule has 7 heteroatoms. The Balaban J connectivity index is 2.35. The largest absolute Gasteiger partial charge is 0.377 e. The summed E-state index contributed by atoms with van der Waals surface area (Å²) in [7, 11) is -2.01. The molecule has 0 aliphatic carbocycles. The van der Waals surface area contributed by atoms with Crippen LogP contribution >= 0.6 is 0 Å². The summed E-state index contributed by atoms with van der Waals surface area (Å²) in [4.78, 5) is 0. The maximum Gasteiger partial charge on any atom is 0.279 e. The van der Waals surface area contributed by atoms with Gasteiger partial charge in [-0.15, -0.1) is 0 Å². The smallest absolute Gasteiger partial charge is 0.279 e. The third kappa shape index (κ3) is 4.06. The van der Waals surface area contributed by atoms with Crippen LogP contribution in [-0.2, 0) is 14.9 Å². The molecule has 1 aliphatic rings. The van der Waals surface area contributed by atoms with E-state index in [0.717, 1.165) is 17.1 Å². The maximum atomic E-state index is 11.6. The second-order valence-corrected chi connectivity index (χ2v) is 5.58. The van der Waals surface area contributed by atoms with Crippen molar-refractivity contribution in [2.45, 2.75) is 25.4 Å². The second-order valence-electron chi connectivity index (χ2n) is 3.72. The van der Waals surface area contributed by atoms with Crippen LogP contribution in [0.2, 0.25) is 0 Å². The predicted octanol–water partition coefficient (Wildman–Crippen LogP) is -0.155. The third-order valence-corrected chi connectivity index (χ3v) is 4.00. The molecule has 0 radical (unpaired) electrons. The summed E-state index contributed by atoms with van der Waals surface area (Å²) in [5.74, 6) is 0. The van der Waals surface area contributed by atoms with Gasteiger partial charge in [0.2, 0.25) is 0 Å². The quantitative estimate of drug-likeness (QED) is 0.707. The molecule has 1 heterocycles. The molecule has 6 nitrogen and oxygen atoms in total. The fraction of sp³-hybridized carbons (Fsp3) is 0.889. The maximum absolute atomic E-state index is 11.6. The molecule has 1 saturated heterocycles. The van der Waals surface area contributed by atoms with Gasteiger partial charge in [-0.1, -0.05) is 0 Å². The van der Waals surface area contributed by atoms with Gasteiger partial charge >= 0.3 is 0 Å². The molecule has 0 amide bonds. The van der Waals surface area contributed by atoms with Crippen molar-refractivity contribution in [3.63, 3.8) is 0 Å². The summed E-state index contributed by atoms with van der Waals surface area (Å²) in [6, 6.07) is 1.91. The minimum absolute atomic E-state index is 0.0147. The third-order valence-electron chi connectivity index (χ3n) is 2.47. The number of rotatable bonds is 6. The van der Waals surface area contributed by atoms with E-state index in [9.17, 15) is 8.42 Å². The lowest BCUT2D eigenvalue weighted by Gasteiger charge is -2.17. The van der Waals surface area contributed by atoms with Crippen molar-refractivity contribution in [1.29, 1.82) is 5.26 Å². The lowest BCUT2D eigenvalue weighted by molar-refractivity contribution is 0.114. The number of nitriles is 1. The van der Waals surface area contributed by atoms with E-state index in [1.807, 2.05) is 6.07 Å². The van der Waals surface area contributed by atoms with Crippen LogP contribution in [0, 0.1) is 11.3 Å². The van der Waals surface area contributed by atoms with Crippen LogP contribution in [-0.4, -0.2) is 45.6 Å². The van der Waals surface area contributed by atoms with Crippen LogP contribution in [0.25, 0.3) is 0 Å². The fourth-order valence-electron chi connectivity index (χ4n) is 1.44. The highest BCUT2D eigenvalue weighted by atomic mass is 32.2. The molecule has 1 aliphatic heterocycles. The Morgan fingerprint density at radius 1 is 1.62 bits per heavy atom. The summed E-state index contributed by atoms with van der Waals surface area (Å²) < 4.78 is 32.2. The van der Waals surface area contributed by atoms with Gasteiger partial charge in [-0.3, -0.25) is 0 Å². The molecule has 0 aromatic rings. The lowest BCUT2D eigenvalue weighted by Crippen LogP contribution is -2.41. The van der Waals surface area contributed by atoms with E-state index >= 15 is 0 Å². The fourth-order valence-corrected chi connectivity index (χ4v) is 2.39. The Morgan fingerprint density at radius 2 is 2.38 bits per heavy atom. The molecule has 92 valence electrons. The summed E-state index contributed by atoms with van der Waals surface area (Å²) in [5, 5.41) is 8.37. The van der Waals surface area contributed by atoms with E-state index in [-0.39, 0.29) is 19.1 Å². The zero-order valence-electron chi connectivity index (χ0n) is 9.35. The van der Waals surface area contributed by atoms with Crippen molar-refractivity contribution in [2.24, 2.45) is 0 Å². The average Bonchev–Trinajstić information content (AvgIpc) is 2.76. The van der Waals surface area contributed by atoms with E-state index in [0.29, 0.717) is 13.2 Å². The highest BCUT2D eigenvalue weighted by molar-refractivity contribution is 7.87. The highest BCUT2D eigenvalue weighted by Gasteiger charge is 2.21. The van der Waals surface area contributed by atoms with Crippen molar-refractivity contribution < 1.29 is 13.2 Å². The number of hydrogen-bond acceptors (Lipinski definition) is 4. The Labute approximate surface area is 96.4 Å². The Hall–Kier alpha value is -0.680. The molecular formula is C9H17N3O3S. The Kier molecular flexibility index (Phi) is 5.15. The summed E-state index contributed by atoms with van der Waals surface area (Å²) in [6.45, 7) is 1.22. The molecule has 0 aromatic heterocycles. The molecule has 0 spiro atoms. The summed E-state index contributed by atoms with van der Waals surface area (Å²) >= 11 is 0. The highest BCUT2D eigenvalue weighted by Crippen LogP contribution is 2.11. The lowest BCUT2D eigenvalue weighted by atomic mass is 10.2. The summed E-state index contributed by atoms with van der Waals surface area (Å²) in [6.07, 6.45) is 2.05. The summed E-state index contributed by atoms with van der Waals surface area (Å²) in [5.41, 5.74) is 0. The monoisotopic (exact) mass is 247 g/mol. The van der Waals surface area contributed by atoms with Gasteiger partial charge in [0.1, 0.15) is 0 Å². The van der Waals surface area contributed by atoms with Crippen LogP contribution < -0.4 is 4.72 Å². The average molecular weight is 247 g/mol. The molecule has 1 atom stereocenters. The van der Waals surface area contributed by atoms with Gasteiger partial charge in [0.15, 0.2) is 0 Å². The minimum atomic E-state index is -3.47. The second kappa shape index (κ2) is 6.15. The van der Waals surface area contributed by atoms with E-state index in [2.05, 4.69) is 4.72 Å². The van der Waals surface area contributed by atoms with Gasteiger partial charge < -0.3 is 4.74 Å². The van der Waals surface area contributed by atoms with Crippen molar-refractivity contribution in [3.8, 4) is 6.07 Å². The zero-order valence-corrected chi connectivity index (χ0v) is 10.2. The van der Waals surface area contributed by atoms with Crippen LogP contribution in [0.4, 0.5) is 0 Å². The number of hydrogen-bond donors (Lipinski definition) is 1. The van der Waals surface area contributed by atoms with Crippen LogP contribution in [0.5, 0.6) is 0 Å². The Bertz CT molecular complexity index is 344. The van der Waals surface area contributed by atoms with Crippen LogP contribution in [0.3, 0.4) is 0 Å². The first-order valence-corrected chi connectivity index (χ1v) is 6.70. The van der Waals surface area contributed by atoms with Crippen molar-refractivity contribution >= 4 is 10.2 Å². The topological polar surface area (TPSA) is 82.4 Å². The Morgan fingerprint density at radius 3 is 2.94 bits per heavy atom. The zero-order chi connectivity index (χ0) is 12.0. The van der Waals surface area contributed by atoms with Gasteiger partial charge in [-0.05, 0) is 12.8 Å². The van der Waals surface area contributed by atoms with Gasteiger partial charge in [-0.25, -0.2) is 0 Å². The molecule has 16 heavy (non-hydrogen) atoms. The van der Waals surface area contributed by atoms with Gasteiger partial charge in [0, 0.05) is 33.2 Å². The van der Waals surface area contributed by atoms with Crippen LogP contribution in [0.15, 0.2) is 0 Å². The number of nitrogens with zero attached hydrogens (tertiary/aromatic N) is 2. The molecule has 0 bridgehead atoms. The first-order valence-electron chi connectivity index (χ1n) is 5.26. The molecule has 1 rings (SSSR count). The SMILES string of the molecule is CN(CCC#N)S(=O)(=O)NCC1CCCO1. The molecule has 1 unspecified atom stereocenters. The van der Waals surface area contributed by atoms with E-state index in [4.69, 9.17) is 10.00 Å². The first-order chi connectivity index (χ1) is 7.56. The molecule has 1 N–H and O–H groups in total. The first kappa shape index (κ1) is 13.4. The van der Waals surface area contributed by atoms with Crippen molar-refractivity contribution in [1.82, 2.24) is 9.03 Å². The van der Waals surface area contributed by atoms with E-state index < -0.39 is 10.2 Å². The number of nitrogens with one attached hydrogen (secondary N) is 1. The van der Waals surface area contributed by atoms with E-state index in [1.165, 1.54) is 7.05 Å².